The SMILES string of the molecule is O=C(c1ccc(Cl)cc1)N(C1CCC(CCO)CC1)C1CC1. The van der Waals surface area contributed by atoms with Gasteiger partial charge in [-0.25, -0.2) is 0 Å². The highest BCUT2D eigenvalue weighted by molar-refractivity contribution is 6.30. The summed E-state index contributed by atoms with van der Waals surface area (Å²) in [4.78, 5) is 15.0. The van der Waals surface area contributed by atoms with Crippen LogP contribution in [0.3, 0.4) is 0 Å². The Hall–Kier alpha value is -1.06. The van der Waals surface area contributed by atoms with Gasteiger partial charge in [-0.3, -0.25) is 4.79 Å². The third-order valence-corrected chi connectivity index (χ3v) is 5.26. The highest BCUT2D eigenvalue weighted by atomic mass is 35.5. The van der Waals surface area contributed by atoms with Gasteiger partial charge in [0.1, 0.15) is 0 Å². The minimum atomic E-state index is 0.157. The van der Waals surface area contributed by atoms with Crippen molar-refractivity contribution < 1.29 is 9.90 Å². The lowest BCUT2D eigenvalue weighted by molar-refractivity contribution is 0.0578. The number of rotatable bonds is 5. The number of halogens is 1. The highest BCUT2D eigenvalue weighted by Gasteiger charge is 2.39. The predicted molar refractivity (Wildman–Crippen MR) is 88.1 cm³/mol. The van der Waals surface area contributed by atoms with Gasteiger partial charge < -0.3 is 10.0 Å². The lowest BCUT2D eigenvalue weighted by Gasteiger charge is -2.37. The van der Waals surface area contributed by atoms with Gasteiger partial charge >= 0.3 is 0 Å². The number of nitrogens with zero attached hydrogens (tertiary/aromatic N) is 1. The van der Waals surface area contributed by atoms with Crippen molar-refractivity contribution in [3.63, 3.8) is 0 Å². The van der Waals surface area contributed by atoms with E-state index in [9.17, 15) is 4.79 Å². The highest BCUT2D eigenvalue weighted by Crippen LogP contribution is 2.37. The average molecular weight is 322 g/mol. The molecular weight excluding hydrogens is 298 g/mol. The molecule has 1 aromatic rings. The number of aliphatic hydroxyl groups is 1. The molecule has 1 N–H and O–H groups in total. The molecule has 3 nitrogen and oxygen atoms in total. The Balaban J connectivity index is 1.68. The van der Waals surface area contributed by atoms with Crippen molar-refractivity contribution in [2.45, 2.75) is 57.0 Å². The fraction of sp³-hybridized carbons (Fsp3) is 0.611. The summed E-state index contributed by atoms with van der Waals surface area (Å²) in [5.41, 5.74) is 0.744. The molecule has 2 fully saturated rings. The molecule has 0 saturated heterocycles. The summed E-state index contributed by atoms with van der Waals surface area (Å²) < 4.78 is 0. The Bertz CT molecular complexity index is 504. The second-order valence-electron chi connectivity index (χ2n) is 6.64. The van der Waals surface area contributed by atoms with E-state index in [1.54, 1.807) is 12.1 Å². The van der Waals surface area contributed by atoms with Crippen LogP contribution in [0.15, 0.2) is 24.3 Å². The lowest BCUT2D eigenvalue weighted by Crippen LogP contribution is -2.44. The number of hydrogen-bond acceptors (Lipinski definition) is 2. The van der Waals surface area contributed by atoms with E-state index in [2.05, 4.69) is 4.90 Å². The van der Waals surface area contributed by atoms with E-state index < -0.39 is 0 Å². The molecule has 2 aliphatic rings. The van der Waals surface area contributed by atoms with E-state index in [4.69, 9.17) is 16.7 Å². The molecule has 0 unspecified atom stereocenters. The van der Waals surface area contributed by atoms with Gasteiger partial charge in [-0.1, -0.05) is 11.6 Å². The number of benzene rings is 1. The zero-order valence-electron chi connectivity index (χ0n) is 12.9. The number of carbonyl (C=O) groups is 1. The summed E-state index contributed by atoms with van der Waals surface area (Å²) >= 11 is 5.92. The van der Waals surface area contributed by atoms with E-state index in [-0.39, 0.29) is 12.5 Å². The summed E-state index contributed by atoms with van der Waals surface area (Å²) in [5, 5.41) is 9.74. The largest absolute Gasteiger partial charge is 0.396 e. The molecule has 3 rings (SSSR count). The van der Waals surface area contributed by atoms with Crippen LogP contribution in [0, 0.1) is 5.92 Å². The molecule has 4 heteroatoms. The molecule has 1 amide bonds. The van der Waals surface area contributed by atoms with Crippen molar-refractivity contribution >= 4 is 17.5 Å². The van der Waals surface area contributed by atoms with Crippen LogP contribution in [-0.2, 0) is 0 Å². The standard InChI is InChI=1S/C18H24ClNO2/c19-15-5-3-14(4-6-15)18(22)20(17-9-10-17)16-7-1-13(2-8-16)11-12-21/h3-6,13,16-17,21H,1-2,7-12H2. The summed E-state index contributed by atoms with van der Waals surface area (Å²) in [6.45, 7) is 0.283. The topological polar surface area (TPSA) is 40.5 Å². The summed E-state index contributed by atoms with van der Waals surface area (Å²) in [5.74, 6) is 0.790. The van der Waals surface area contributed by atoms with Gasteiger partial charge in [0.15, 0.2) is 0 Å². The second-order valence-corrected chi connectivity index (χ2v) is 7.07. The molecule has 2 saturated carbocycles. The lowest BCUT2D eigenvalue weighted by atomic mass is 9.83. The van der Waals surface area contributed by atoms with Crippen molar-refractivity contribution in [2.24, 2.45) is 5.92 Å². The monoisotopic (exact) mass is 321 g/mol. The van der Waals surface area contributed by atoms with Crippen LogP contribution >= 0.6 is 11.6 Å². The van der Waals surface area contributed by atoms with E-state index >= 15 is 0 Å². The fourth-order valence-corrected chi connectivity index (χ4v) is 3.74. The van der Waals surface area contributed by atoms with Crippen LogP contribution in [0.1, 0.15) is 55.3 Å². The maximum Gasteiger partial charge on any atom is 0.254 e. The number of amides is 1. The van der Waals surface area contributed by atoms with Crippen molar-refractivity contribution in [1.29, 1.82) is 0 Å². The van der Waals surface area contributed by atoms with Gasteiger partial charge in [0.05, 0.1) is 0 Å². The number of hydrogen-bond donors (Lipinski definition) is 1. The quantitative estimate of drug-likeness (QED) is 0.894. The molecular formula is C18H24ClNO2. The van der Waals surface area contributed by atoms with E-state index in [0.29, 0.717) is 23.0 Å². The van der Waals surface area contributed by atoms with Crippen molar-refractivity contribution in [3.8, 4) is 0 Å². The molecule has 0 aromatic heterocycles. The third kappa shape index (κ3) is 3.64. The first-order valence-corrected chi connectivity index (χ1v) is 8.76. The zero-order valence-corrected chi connectivity index (χ0v) is 13.6. The summed E-state index contributed by atoms with van der Waals surface area (Å²) in [7, 11) is 0. The molecule has 0 spiro atoms. The van der Waals surface area contributed by atoms with Crippen molar-refractivity contribution in [1.82, 2.24) is 4.90 Å². The molecule has 0 bridgehead atoms. The molecule has 1 aromatic carbocycles. The van der Waals surface area contributed by atoms with Crippen LogP contribution < -0.4 is 0 Å². The van der Waals surface area contributed by atoms with Gasteiger partial charge in [-0.05, 0) is 75.1 Å². The Labute approximate surface area is 137 Å². The first-order chi connectivity index (χ1) is 10.7. The van der Waals surface area contributed by atoms with Gasteiger partial charge in [0.2, 0.25) is 0 Å². The molecule has 0 aliphatic heterocycles. The van der Waals surface area contributed by atoms with Crippen LogP contribution in [-0.4, -0.2) is 34.6 Å². The van der Waals surface area contributed by atoms with Gasteiger partial charge in [-0.15, -0.1) is 0 Å². The zero-order chi connectivity index (χ0) is 15.5. The molecule has 2 aliphatic carbocycles. The van der Waals surface area contributed by atoms with Crippen LogP contribution in [0.4, 0.5) is 0 Å². The van der Waals surface area contributed by atoms with E-state index in [1.165, 1.54) is 0 Å². The predicted octanol–water partition coefficient (Wildman–Crippen LogP) is 3.89. The summed E-state index contributed by atoms with van der Waals surface area (Å²) in [6, 6.07) is 8.04. The third-order valence-electron chi connectivity index (χ3n) is 5.01. The van der Waals surface area contributed by atoms with Crippen LogP contribution in [0.2, 0.25) is 5.02 Å². The minimum Gasteiger partial charge on any atom is -0.396 e. The molecule has 0 radical (unpaired) electrons. The van der Waals surface area contributed by atoms with E-state index in [1.807, 2.05) is 12.1 Å². The van der Waals surface area contributed by atoms with Crippen LogP contribution in [0.5, 0.6) is 0 Å². The first-order valence-electron chi connectivity index (χ1n) is 8.38. The maximum atomic E-state index is 12.9. The van der Waals surface area contributed by atoms with Gasteiger partial charge in [0.25, 0.3) is 5.91 Å². The Morgan fingerprint density at radius 2 is 1.59 bits per heavy atom. The fourth-order valence-electron chi connectivity index (χ4n) is 3.62. The number of carbonyl (C=O) groups excluding carboxylic acids is 1. The average Bonchev–Trinajstić information content (AvgIpc) is 3.35. The molecule has 0 atom stereocenters. The molecule has 22 heavy (non-hydrogen) atoms. The number of aliphatic hydroxyl groups excluding tert-OH is 1. The van der Waals surface area contributed by atoms with Gasteiger partial charge in [0, 0.05) is 29.3 Å². The summed E-state index contributed by atoms with van der Waals surface area (Å²) in [6.07, 6.45) is 7.57. The molecule has 0 heterocycles. The Kier molecular flexibility index (Phi) is 5.04. The normalized spacial score (nSPS) is 25.0. The second kappa shape index (κ2) is 7.01. The maximum absolute atomic E-state index is 12.9. The van der Waals surface area contributed by atoms with Gasteiger partial charge in [-0.2, -0.15) is 0 Å². The Morgan fingerprint density at radius 1 is 1.05 bits per heavy atom. The van der Waals surface area contributed by atoms with Crippen molar-refractivity contribution in [3.05, 3.63) is 34.9 Å². The van der Waals surface area contributed by atoms with Crippen molar-refractivity contribution in [2.75, 3.05) is 6.61 Å². The smallest absolute Gasteiger partial charge is 0.254 e. The minimum absolute atomic E-state index is 0.157. The van der Waals surface area contributed by atoms with E-state index in [0.717, 1.165) is 50.5 Å². The Morgan fingerprint density at radius 3 is 2.09 bits per heavy atom. The molecule has 120 valence electrons. The van der Waals surface area contributed by atoms with Crippen LogP contribution in [0.25, 0.3) is 0 Å². The first kappa shape index (κ1) is 15.8.